The molecule has 0 aliphatic heterocycles. The zero-order chi connectivity index (χ0) is 11.3. The molecule has 0 unspecified atom stereocenters. The molecule has 0 aromatic carbocycles. The highest BCUT2D eigenvalue weighted by Gasteiger charge is 2.25. The number of hydrogen-bond donors (Lipinski definition) is 2. The van der Waals surface area contributed by atoms with E-state index in [4.69, 9.17) is 5.11 Å². The van der Waals surface area contributed by atoms with Crippen molar-refractivity contribution in [3.63, 3.8) is 0 Å². The zero-order valence-corrected chi connectivity index (χ0v) is 7.88. The summed E-state index contributed by atoms with van der Waals surface area (Å²) in [5.74, 6) is 0.0361. The number of halogens is 3. The summed E-state index contributed by atoms with van der Waals surface area (Å²) in [6.45, 7) is 0.127. The number of nitrogens with one attached hydrogen (secondary N) is 1. The van der Waals surface area contributed by atoms with Gasteiger partial charge in [-0.15, -0.1) is 0 Å². The maximum Gasteiger partial charge on any atom is 0.390 e. The molecule has 0 saturated carbocycles. The predicted octanol–water partition coefficient (Wildman–Crippen LogP) is 1.83. The van der Waals surface area contributed by atoms with Gasteiger partial charge in [0.25, 0.3) is 0 Å². The number of hydrogen-bond acceptors (Lipinski definition) is 3. The smallest absolute Gasteiger partial charge is 0.390 e. The molecule has 0 aliphatic carbocycles. The van der Waals surface area contributed by atoms with Crippen LogP contribution in [0.4, 0.5) is 13.2 Å². The lowest BCUT2D eigenvalue weighted by Crippen LogP contribution is -2.21. The van der Waals surface area contributed by atoms with Crippen LogP contribution in [0.5, 0.6) is 5.75 Å². The maximum atomic E-state index is 11.7. The minimum atomic E-state index is -4.13. The normalized spacial score (nSPS) is 11.7. The molecule has 0 saturated heterocycles. The van der Waals surface area contributed by atoms with Gasteiger partial charge in [-0.25, -0.2) is 0 Å². The summed E-state index contributed by atoms with van der Waals surface area (Å²) >= 11 is 0. The van der Waals surface area contributed by atoms with Gasteiger partial charge in [0.15, 0.2) is 0 Å². The van der Waals surface area contributed by atoms with Gasteiger partial charge in [0.2, 0.25) is 0 Å². The van der Waals surface area contributed by atoms with Crippen LogP contribution in [0, 0.1) is 0 Å². The first-order valence-corrected chi connectivity index (χ1v) is 4.39. The van der Waals surface area contributed by atoms with E-state index in [1.807, 2.05) is 0 Å². The molecule has 0 amide bonds. The van der Waals surface area contributed by atoms with Gasteiger partial charge in [0.1, 0.15) is 5.75 Å². The Bertz CT molecular complexity index is 297. The molecule has 0 bridgehead atoms. The number of aromatic nitrogens is 1. The Morgan fingerprint density at radius 1 is 1.33 bits per heavy atom. The van der Waals surface area contributed by atoms with Crippen molar-refractivity contribution in [2.75, 3.05) is 6.54 Å². The maximum absolute atomic E-state index is 11.7. The quantitative estimate of drug-likeness (QED) is 0.761. The van der Waals surface area contributed by atoms with Crippen LogP contribution in [0.25, 0.3) is 0 Å². The Kier molecular flexibility index (Phi) is 3.90. The molecule has 0 atom stereocenters. The summed E-state index contributed by atoms with van der Waals surface area (Å²) in [7, 11) is 0. The van der Waals surface area contributed by atoms with E-state index < -0.39 is 12.6 Å². The summed E-state index contributed by atoms with van der Waals surface area (Å²) in [6, 6.07) is 2.99. The summed E-state index contributed by atoms with van der Waals surface area (Å²) in [6.07, 6.45) is -3.73. The van der Waals surface area contributed by atoms with Crippen molar-refractivity contribution in [2.45, 2.75) is 19.1 Å². The van der Waals surface area contributed by atoms with Gasteiger partial charge in [0, 0.05) is 13.1 Å². The number of aromatic hydroxyl groups is 1. The molecule has 6 heteroatoms. The molecule has 1 aromatic rings. The fraction of sp³-hybridized carbons (Fsp3) is 0.444. The van der Waals surface area contributed by atoms with Crippen LogP contribution in [0.1, 0.15) is 12.1 Å². The molecule has 2 N–H and O–H groups in total. The molecule has 3 nitrogen and oxygen atoms in total. The molecular weight excluding hydrogens is 209 g/mol. The lowest BCUT2D eigenvalue weighted by Gasteiger charge is -2.07. The van der Waals surface area contributed by atoms with E-state index in [1.54, 1.807) is 6.07 Å². The molecule has 0 spiro atoms. The first-order chi connectivity index (χ1) is 6.97. The highest BCUT2D eigenvalue weighted by Crippen LogP contribution is 2.18. The van der Waals surface area contributed by atoms with Crippen LogP contribution >= 0.6 is 0 Å². The number of pyridine rings is 1. The predicted molar refractivity (Wildman–Crippen MR) is 48.3 cm³/mol. The van der Waals surface area contributed by atoms with Gasteiger partial charge in [-0.3, -0.25) is 4.98 Å². The first-order valence-electron chi connectivity index (χ1n) is 4.39. The second-order valence-corrected chi connectivity index (χ2v) is 3.05. The van der Waals surface area contributed by atoms with Gasteiger partial charge in [-0.05, 0) is 12.1 Å². The van der Waals surface area contributed by atoms with Gasteiger partial charge in [-0.1, -0.05) is 0 Å². The van der Waals surface area contributed by atoms with E-state index in [0.717, 1.165) is 0 Å². The molecule has 1 rings (SSSR count). The van der Waals surface area contributed by atoms with Gasteiger partial charge in [0.05, 0.1) is 18.3 Å². The largest absolute Gasteiger partial charge is 0.506 e. The van der Waals surface area contributed by atoms with E-state index >= 15 is 0 Å². The SMILES string of the molecule is Oc1ccc(CNCCC(F)(F)F)nc1. The van der Waals surface area contributed by atoms with Crippen LogP contribution < -0.4 is 5.32 Å². The standard InChI is InChI=1S/C9H11F3N2O/c10-9(11,12)3-4-13-5-7-1-2-8(15)6-14-7/h1-2,6,13,15H,3-5H2. The number of nitrogens with zero attached hydrogens (tertiary/aromatic N) is 1. The Labute approximate surface area is 85.0 Å². The Morgan fingerprint density at radius 2 is 2.07 bits per heavy atom. The number of rotatable bonds is 4. The van der Waals surface area contributed by atoms with Crippen LogP contribution in [0.3, 0.4) is 0 Å². The van der Waals surface area contributed by atoms with E-state index in [1.165, 1.54) is 12.3 Å². The van der Waals surface area contributed by atoms with Gasteiger partial charge < -0.3 is 10.4 Å². The van der Waals surface area contributed by atoms with E-state index in [2.05, 4.69) is 10.3 Å². The third-order valence-corrected chi connectivity index (χ3v) is 1.70. The fourth-order valence-electron chi connectivity index (χ4n) is 0.968. The molecule has 1 aromatic heterocycles. The van der Waals surface area contributed by atoms with Crippen LogP contribution in [0.2, 0.25) is 0 Å². The van der Waals surface area contributed by atoms with Crippen molar-refractivity contribution in [1.82, 2.24) is 10.3 Å². The monoisotopic (exact) mass is 220 g/mol. The molecular formula is C9H11F3N2O. The number of alkyl halides is 3. The van der Waals surface area contributed by atoms with Crippen molar-refractivity contribution in [2.24, 2.45) is 0 Å². The van der Waals surface area contributed by atoms with Crippen molar-refractivity contribution in [3.05, 3.63) is 24.0 Å². The third-order valence-electron chi connectivity index (χ3n) is 1.70. The van der Waals surface area contributed by atoms with Crippen LogP contribution in [0.15, 0.2) is 18.3 Å². The lowest BCUT2D eigenvalue weighted by molar-refractivity contribution is -0.133. The van der Waals surface area contributed by atoms with Crippen molar-refractivity contribution in [1.29, 1.82) is 0 Å². The van der Waals surface area contributed by atoms with Gasteiger partial charge in [-0.2, -0.15) is 13.2 Å². The molecule has 0 aliphatic rings. The topological polar surface area (TPSA) is 45.1 Å². The van der Waals surface area contributed by atoms with Crippen molar-refractivity contribution < 1.29 is 18.3 Å². The Morgan fingerprint density at radius 3 is 2.60 bits per heavy atom. The summed E-state index contributed by atoms with van der Waals surface area (Å²) in [5.41, 5.74) is 0.593. The van der Waals surface area contributed by atoms with Crippen LogP contribution in [-0.4, -0.2) is 22.8 Å². The second-order valence-electron chi connectivity index (χ2n) is 3.05. The minimum absolute atomic E-state index is 0.0361. The summed E-state index contributed by atoms with van der Waals surface area (Å²) in [5, 5.41) is 11.5. The Balaban J connectivity index is 2.23. The van der Waals surface area contributed by atoms with Crippen molar-refractivity contribution in [3.8, 4) is 5.75 Å². The van der Waals surface area contributed by atoms with E-state index in [9.17, 15) is 13.2 Å². The molecule has 1 heterocycles. The fourth-order valence-corrected chi connectivity index (χ4v) is 0.968. The first kappa shape index (κ1) is 11.8. The van der Waals surface area contributed by atoms with Crippen molar-refractivity contribution >= 4 is 0 Å². The second kappa shape index (κ2) is 4.97. The molecule has 15 heavy (non-hydrogen) atoms. The highest BCUT2D eigenvalue weighted by atomic mass is 19.4. The molecule has 84 valence electrons. The van der Waals surface area contributed by atoms with Crippen LogP contribution in [-0.2, 0) is 6.54 Å². The summed E-state index contributed by atoms with van der Waals surface area (Å²) < 4.78 is 35.2. The lowest BCUT2D eigenvalue weighted by atomic mass is 10.3. The van der Waals surface area contributed by atoms with E-state index in [-0.39, 0.29) is 18.8 Å². The average molecular weight is 220 g/mol. The highest BCUT2D eigenvalue weighted by molar-refractivity contribution is 5.17. The molecule has 0 fully saturated rings. The molecule has 0 radical (unpaired) electrons. The van der Waals surface area contributed by atoms with E-state index in [0.29, 0.717) is 5.69 Å². The average Bonchev–Trinajstić information content (AvgIpc) is 2.14. The third kappa shape index (κ3) is 5.21. The summed E-state index contributed by atoms with van der Waals surface area (Å²) in [4.78, 5) is 3.82. The van der Waals surface area contributed by atoms with Gasteiger partial charge >= 0.3 is 6.18 Å². The minimum Gasteiger partial charge on any atom is -0.506 e. The zero-order valence-electron chi connectivity index (χ0n) is 7.88. The Hall–Kier alpha value is -1.30.